The highest BCUT2D eigenvalue weighted by Crippen LogP contribution is 2.16. The molecule has 0 atom stereocenters. The summed E-state index contributed by atoms with van der Waals surface area (Å²) in [5.74, 6) is 4.89. The van der Waals surface area contributed by atoms with Gasteiger partial charge in [0.15, 0.2) is 0 Å². The van der Waals surface area contributed by atoms with Crippen LogP contribution in [0.2, 0.25) is 0 Å². The first-order chi connectivity index (χ1) is 8.69. The Morgan fingerprint density at radius 1 is 1.39 bits per heavy atom. The number of aliphatic hydroxyl groups excluding tert-OH is 1. The van der Waals surface area contributed by atoms with Crippen LogP contribution in [-0.2, 0) is 11.3 Å². The molecule has 94 valence electrons. The normalized spacial score (nSPS) is 14.6. The van der Waals surface area contributed by atoms with Crippen molar-refractivity contribution in [2.24, 2.45) is 0 Å². The molecule has 3 nitrogen and oxygen atoms in total. The average Bonchev–Trinajstić information content (AvgIpc) is 2.72. The number of amides is 1. The van der Waals surface area contributed by atoms with Crippen molar-refractivity contribution in [3.8, 4) is 11.8 Å². The van der Waals surface area contributed by atoms with Gasteiger partial charge in [-0.2, -0.15) is 0 Å². The van der Waals surface area contributed by atoms with Crippen LogP contribution in [0.25, 0.3) is 0 Å². The standard InChI is InChI=1S/C14H14FNO2/c15-13-8-11(3-2-6-17)7-12(9-13)10-16-5-1-4-14(16)18/h7-9,17H,1,4-6,10H2. The van der Waals surface area contributed by atoms with E-state index in [4.69, 9.17) is 5.11 Å². The van der Waals surface area contributed by atoms with E-state index in [1.807, 2.05) is 0 Å². The van der Waals surface area contributed by atoms with E-state index in [1.165, 1.54) is 12.1 Å². The molecule has 1 aliphatic rings. The highest BCUT2D eigenvalue weighted by Gasteiger charge is 2.20. The van der Waals surface area contributed by atoms with Crippen molar-refractivity contribution in [3.63, 3.8) is 0 Å². The Labute approximate surface area is 105 Å². The molecule has 1 aromatic carbocycles. The smallest absolute Gasteiger partial charge is 0.222 e. The Kier molecular flexibility index (Phi) is 3.96. The molecule has 0 saturated carbocycles. The SMILES string of the molecule is O=C1CCCN1Cc1cc(F)cc(C#CCO)c1. The van der Waals surface area contributed by atoms with Crippen molar-refractivity contribution in [1.82, 2.24) is 4.90 Å². The van der Waals surface area contributed by atoms with Gasteiger partial charge in [0.1, 0.15) is 12.4 Å². The summed E-state index contributed by atoms with van der Waals surface area (Å²) in [5, 5.41) is 8.61. The lowest BCUT2D eigenvalue weighted by atomic mass is 10.1. The Morgan fingerprint density at radius 2 is 2.22 bits per heavy atom. The van der Waals surface area contributed by atoms with Gasteiger partial charge >= 0.3 is 0 Å². The highest BCUT2D eigenvalue weighted by atomic mass is 19.1. The monoisotopic (exact) mass is 247 g/mol. The molecule has 1 fully saturated rings. The number of hydrogen-bond donors (Lipinski definition) is 1. The third-order valence-electron chi connectivity index (χ3n) is 2.81. The predicted molar refractivity (Wildman–Crippen MR) is 65.0 cm³/mol. The van der Waals surface area contributed by atoms with E-state index in [-0.39, 0.29) is 18.3 Å². The van der Waals surface area contributed by atoms with Gasteiger partial charge in [0.2, 0.25) is 5.91 Å². The number of aliphatic hydroxyl groups is 1. The quantitative estimate of drug-likeness (QED) is 0.800. The van der Waals surface area contributed by atoms with Gasteiger partial charge in [-0.05, 0) is 30.2 Å². The van der Waals surface area contributed by atoms with Gasteiger partial charge in [-0.1, -0.05) is 11.8 Å². The second-order valence-electron chi connectivity index (χ2n) is 4.23. The number of likely N-dealkylation sites (tertiary alicyclic amines) is 1. The molecule has 0 spiro atoms. The molecule has 1 heterocycles. The van der Waals surface area contributed by atoms with E-state index in [9.17, 15) is 9.18 Å². The van der Waals surface area contributed by atoms with Crippen LogP contribution in [-0.4, -0.2) is 29.1 Å². The second kappa shape index (κ2) is 5.65. The molecule has 4 heteroatoms. The van der Waals surface area contributed by atoms with E-state index in [0.29, 0.717) is 18.5 Å². The van der Waals surface area contributed by atoms with Crippen molar-refractivity contribution in [2.75, 3.05) is 13.2 Å². The molecular weight excluding hydrogens is 233 g/mol. The molecular formula is C14H14FNO2. The Balaban J connectivity index is 2.17. The van der Waals surface area contributed by atoms with E-state index in [0.717, 1.165) is 18.5 Å². The first kappa shape index (κ1) is 12.6. The Morgan fingerprint density at radius 3 is 2.89 bits per heavy atom. The van der Waals surface area contributed by atoms with Gasteiger partial charge < -0.3 is 10.0 Å². The zero-order valence-electron chi connectivity index (χ0n) is 9.95. The van der Waals surface area contributed by atoms with Crippen molar-refractivity contribution < 1.29 is 14.3 Å². The number of benzene rings is 1. The van der Waals surface area contributed by atoms with Crippen LogP contribution in [0.3, 0.4) is 0 Å². The molecule has 2 rings (SSSR count). The van der Waals surface area contributed by atoms with E-state index < -0.39 is 0 Å². The molecule has 0 bridgehead atoms. The van der Waals surface area contributed by atoms with Crippen LogP contribution in [0.15, 0.2) is 18.2 Å². The molecule has 1 amide bonds. The summed E-state index contributed by atoms with van der Waals surface area (Å²) in [5.41, 5.74) is 1.25. The first-order valence-corrected chi connectivity index (χ1v) is 5.86. The fourth-order valence-electron chi connectivity index (χ4n) is 2.05. The summed E-state index contributed by atoms with van der Waals surface area (Å²) in [6.07, 6.45) is 1.44. The lowest BCUT2D eigenvalue weighted by Gasteiger charge is -2.15. The second-order valence-corrected chi connectivity index (χ2v) is 4.23. The number of carbonyl (C=O) groups excluding carboxylic acids is 1. The third-order valence-corrected chi connectivity index (χ3v) is 2.81. The summed E-state index contributed by atoms with van der Waals surface area (Å²) in [7, 11) is 0. The summed E-state index contributed by atoms with van der Waals surface area (Å²) >= 11 is 0. The zero-order valence-corrected chi connectivity index (χ0v) is 9.95. The molecule has 0 radical (unpaired) electrons. The van der Waals surface area contributed by atoms with Crippen LogP contribution in [0.1, 0.15) is 24.0 Å². The minimum absolute atomic E-state index is 0.113. The molecule has 18 heavy (non-hydrogen) atoms. The molecule has 0 unspecified atom stereocenters. The van der Waals surface area contributed by atoms with Gasteiger partial charge in [-0.15, -0.1) is 0 Å². The minimum Gasteiger partial charge on any atom is -0.384 e. The van der Waals surface area contributed by atoms with Gasteiger partial charge in [0.25, 0.3) is 0 Å². The molecule has 0 aliphatic carbocycles. The Bertz CT molecular complexity index is 516. The van der Waals surface area contributed by atoms with Crippen LogP contribution >= 0.6 is 0 Å². The lowest BCUT2D eigenvalue weighted by Crippen LogP contribution is -2.23. The first-order valence-electron chi connectivity index (χ1n) is 5.86. The van der Waals surface area contributed by atoms with Crippen molar-refractivity contribution >= 4 is 5.91 Å². The van der Waals surface area contributed by atoms with Crippen molar-refractivity contribution in [2.45, 2.75) is 19.4 Å². The number of rotatable bonds is 2. The van der Waals surface area contributed by atoms with Crippen LogP contribution in [0.5, 0.6) is 0 Å². The van der Waals surface area contributed by atoms with Gasteiger partial charge in [0, 0.05) is 25.1 Å². The number of halogens is 1. The predicted octanol–water partition coefficient (Wildman–Crippen LogP) is 1.29. The van der Waals surface area contributed by atoms with Crippen LogP contribution in [0.4, 0.5) is 4.39 Å². The third kappa shape index (κ3) is 3.08. The summed E-state index contributed by atoms with van der Waals surface area (Å²) in [6.45, 7) is 0.897. The van der Waals surface area contributed by atoms with Gasteiger partial charge in [-0.25, -0.2) is 4.39 Å². The molecule has 1 saturated heterocycles. The lowest BCUT2D eigenvalue weighted by molar-refractivity contribution is -0.128. The van der Waals surface area contributed by atoms with E-state index in [1.54, 1.807) is 11.0 Å². The molecule has 1 N–H and O–H groups in total. The minimum atomic E-state index is -0.374. The Hall–Kier alpha value is -1.86. The molecule has 1 aliphatic heterocycles. The van der Waals surface area contributed by atoms with E-state index >= 15 is 0 Å². The largest absolute Gasteiger partial charge is 0.384 e. The fraction of sp³-hybridized carbons (Fsp3) is 0.357. The van der Waals surface area contributed by atoms with Crippen LogP contribution in [0, 0.1) is 17.7 Å². The maximum atomic E-state index is 13.4. The zero-order chi connectivity index (χ0) is 13.0. The number of carbonyl (C=O) groups is 1. The molecule has 1 aromatic rings. The van der Waals surface area contributed by atoms with Crippen molar-refractivity contribution in [3.05, 3.63) is 35.1 Å². The van der Waals surface area contributed by atoms with E-state index in [2.05, 4.69) is 11.8 Å². The summed E-state index contributed by atoms with van der Waals surface area (Å²) in [6, 6.07) is 4.48. The highest BCUT2D eigenvalue weighted by molar-refractivity contribution is 5.78. The van der Waals surface area contributed by atoms with Crippen molar-refractivity contribution in [1.29, 1.82) is 0 Å². The number of nitrogens with zero attached hydrogens (tertiary/aromatic N) is 1. The van der Waals surface area contributed by atoms with Gasteiger partial charge in [-0.3, -0.25) is 4.79 Å². The fourth-order valence-corrected chi connectivity index (χ4v) is 2.05. The topological polar surface area (TPSA) is 40.5 Å². The van der Waals surface area contributed by atoms with Crippen LogP contribution < -0.4 is 0 Å². The van der Waals surface area contributed by atoms with Gasteiger partial charge in [0.05, 0.1) is 0 Å². The summed E-state index contributed by atoms with van der Waals surface area (Å²) in [4.78, 5) is 13.2. The maximum absolute atomic E-state index is 13.4. The summed E-state index contributed by atoms with van der Waals surface area (Å²) < 4.78 is 13.4. The average molecular weight is 247 g/mol. The molecule has 0 aromatic heterocycles. The number of hydrogen-bond acceptors (Lipinski definition) is 2. The maximum Gasteiger partial charge on any atom is 0.222 e.